The molecular formula is C29H34F3N7O6S. The lowest BCUT2D eigenvalue weighted by molar-refractivity contribution is -0.142. The predicted octanol–water partition coefficient (Wildman–Crippen LogP) is 2.14. The highest BCUT2D eigenvalue weighted by molar-refractivity contribution is 7.89. The molecule has 1 aliphatic rings. The number of hydrogen-bond donors (Lipinski definition) is 1. The fourth-order valence-electron chi connectivity index (χ4n) is 4.75. The summed E-state index contributed by atoms with van der Waals surface area (Å²) < 4.78 is 72.3. The second-order valence-electron chi connectivity index (χ2n) is 10.8. The average Bonchev–Trinajstić information content (AvgIpc) is 3.45. The topological polar surface area (TPSA) is 157 Å². The standard InChI is InChI=1S/C29H34F3N7O6S/c1-4-45-27(41)15-25-34-36-39(35-25)18-26(40)37-13-14-38(46(43,44)23-11-9-22(10-12-23)29(30,31)32)24(17-37)28(42)33-16-20-5-7-21(8-6-20)19(2)3/h5-12,19,24H,4,13-18H2,1-3H3,(H,33,42)/t24-/m1/s1. The number of tetrazole rings is 1. The Bertz CT molecular complexity index is 1640. The normalized spacial score (nSPS) is 16.0. The van der Waals surface area contributed by atoms with E-state index in [0.717, 1.165) is 32.4 Å². The monoisotopic (exact) mass is 665 g/mol. The largest absolute Gasteiger partial charge is 0.466 e. The highest BCUT2D eigenvalue weighted by atomic mass is 32.2. The number of benzene rings is 2. The molecule has 1 fully saturated rings. The van der Waals surface area contributed by atoms with Gasteiger partial charge in [0, 0.05) is 26.2 Å². The number of alkyl halides is 3. The van der Waals surface area contributed by atoms with Crippen molar-refractivity contribution in [3.63, 3.8) is 0 Å². The molecule has 13 nitrogen and oxygen atoms in total. The van der Waals surface area contributed by atoms with Crippen LogP contribution in [-0.2, 0) is 54.8 Å². The van der Waals surface area contributed by atoms with Crippen molar-refractivity contribution in [3.05, 3.63) is 71.0 Å². The molecule has 46 heavy (non-hydrogen) atoms. The Morgan fingerprint density at radius 3 is 2.33 bits per heavy atom. The van der Waals surface area contributed by atoms with Crippen molar-refractivity contribution in [1.82, 2.24) is 34.7 Å². The summed E-state index contributed by atoms with van der Waals surface area (Å²) >= 11 is 0. The minimum atomic E-state index is -4.66. The van der Waals surface area contributed by atoms with E-state index < -0.39 is 57.0 Å². The van der Waals surface area contributed by atoms with Gasteiger partial charge in [0.25, 0.3) is 0 Å². The number of sulfonamides is 1. The summed E-state index contributed by atoms with van der Waals surface area (Å²) in [5, 5.41) is 14.2. The lowest BCUT2D eigenvalue weighted by Crippen LogP contribution is -2.61. The molecule has 2 amide bonds. The lowest BCUT2D eigenvalue weighted by Gasteiger charge is -2.39. The van der Waals surface area contributed by atoms with E-state index in [0.29, 0.717) is 18.1 Å². The molecule has 0 radical (unpaired) electrons. The first-order chi connectivity index (χ1) is 21.7. The van der Waals surface area contributed by atoms with E-state index in [4.69, 9.17) is 4.74 Å². The molecule has 1 aliphatic heterocycles. The van der Waals surface area contributed by atoms with Crippen molar-refractivity contribution in [2.24, 2.45) is 0 Å². The van der Waals surface area contributed by atoms with E-state index in [2.05, 4.69) is 20.7 Å². The van der Waals surface area contributed by atoms with Crippen LogP contribution in [0.25, 0.3) is 0 Å². The summed E-state index contributed by atoms with van der Waals surface area (Å²) in [6.07, 6.45) is -4.91. The quantitative estimate of drug-likeness (QED) is 0.303. The molecule has 0 aliphatic carbocycles. The van der Waals surface area contributed by atoms with Gasteiger partial charge in [0.1, 0.15) is 19.0 Å². The fraction of sp³-hybridized carbons (Fsp3) is 0.448. The summed E-state index contributed by atoms with van der Waals surface area (Å²) in [6, 6.07) is 9.11. The van der Waals surface area contributed by atoms with E-state index in [-0.39, 0.29) is 45.0 Å². The number of rotatable bonds is 11. The van der Waals surface area contributed by atoms with E-state index >= 15 is 0 Å². The third-order valence-electron chi connectivity index (χ3n) is 7.27. The zero-order chi connectivity index (χ0) is 33.6. The van der Waals surface area contributed by atoms with Crippen LogP contribution < -0.4 is 5.32 Å². The van der Waals surface area contributed by atoms with E-state index in [1.807, 2.05) is 38.1 Å². The van der Waals surface area contributed by atoms with Gasteiger partial charge in [0.15, 0.2) is 5.82 Å². The Morgan fingerprint density at radius 2 is 1.72 bits per heavy atom. The van der Waals surface area contributed by atoms with Crippen LogP contribution in [0.2, 0.25) is 0 Å². The summed E-state index contributed by atoms with van der Waals surface area (Å²) in [6.45, 7) is 4.79. The summed E-state index contributed by atoms with van der Waals surface area (Å²) in [5.74, 6) is -1.47. The number of nitrogens with one attached hydrogen (secondary N) is 1. The molecule has 2 heterocycles. The molecule has 3 aromatic rings. The van der Waals surface area contributed by atoms with Crippen LogP contribution in [0.4, 0.5) is 13.2 Å². The van der Waals surface area contributed by atoms with Crippen molar-refractivity contribution in [2.75, 3.05) is 26.2 Å². The SMILES string of the molecule is CCOC(=O)Cc1nnn(CC(=O)N2CCN(S(=O)(=O)c3ccc(C(F)(F)F)cc3)[C@@H](C(=O)NCc3ccc(C(C)C)cc3)C2)n1. The van der Waals surface area contributed by atoms with Gasteiger partial charge in [-0.2, -0.15) is 22.3 Å². The van der Waals surface area contributed by atoms with Gasteiger partial charge < -0.3 is 15.0 Å². The van der Waals surface area contributed by atoms with Gasteiger partial charge in [-0.1, -0.05) is 38.1 Å². The number of piperazine rings is 1. The van der Waals surface area contributed by atoms with Crippen molar-refractivity contribution < 1.29 is 40.7 Å². The Kier molecular flexibility index (Phi) is 10.8. The predicted molar refractivity (Wildman–Crippen MR) is 156 cm³/mol. The molecule has 0 spiro atoms. The number of ether oxygens (including phenoxy) is 1. The van der Waals surface area contributed by atoms with Crippen molar-refractivity contribution in [1.29, 1.82) is 0 Å². The fourth-order valence-corrected chi connectivity index (χ4v) is 6.32. The molecule has 1 atom stereocenters. The van der Waals surface area contributed by atoms with Crippen molar-refractivity contribution in [3.8, 4) is 0 Å². The van der Waals surface area contributed by atoms with Crippen LogP contribution in [0.3, 0.4) is 0 Å². The smallest absolute Gasteiger partial charge is 0.416 e. The third-order valence-corrected chi connectivity index (χ3v) is 9.19. The number of nitrogens with zero attached hydrogens (tertiary/aromatic N) is 6. The maximum absolute atomic E-state index is 13.6. The third kappa shape index (κ3) is 8.45. The van der Waals surface area contributed by atoms with Crippen LogP contribution >= 0.6 is 0 Å². The second kappa shape index (κ2) is 14.4. The minimum Gasteiger partial charge on any atom is -0.466 e. The number of hydrogen-bond acceptors (Lipinski definition) is 9. The first-order valence-electron chi connectivity index (χ1n) is 14.4. The molecule has 17 heteroatoms. The van der Waals surface area contributed by atoms with Gasteiger partial charge in [0.05, 0.1) is 17.1 Å². The maximum Gasteiger partial charge on any atom is 0.416 e. The van der Waals surface area contributed by atoms with E-state index in [1.54, 1.807) is 6.92 Å². The van der Waals surface area contributed by atoms with Crippen molar-refractivity contribution >= 4 is 27.8 Å². The lowest BCUT2D eigenvalue weighted by atomic mass is 10.0. The van der Waals surface area contributed by atoms with Crippen LogP contribution in [0.1, 0.15) is 49.2 Å². The zero-order valence-corrected chi connectivity index (χ0v) is 26.2. The molecule has 0 bridgehead atoms. The number of esters is 1. The Balaban J connectivity index is 1.53. The molecule has 0 unspecified atom stereocenters. The molecule has 4 rings (SSSR count). The highest BCUT2D eigenvalue weighted by Gasteiger charge is 2.42. The maximum atomic E-state index is 13.6. The number of carbonyl (C=O) groups is 3. The molecular weight excluding hydrogens is 631 g/mol. The average molecular weight is 666 g/mol. The molecule has 248 valence electrons. The summed E-state index contributed by atoms with van der Waals surface area (Å²) in [4.78, 5) is 40.2. The first-order valence-corrected chi connectivity index (χ1v) is 15.9. The minimum absolute atomic E-state index is 0.0392. The number of halogens is 3. The first kappa shape index (κ1) is 34.5. The van der Waals surface area contributed by atoms with Crippen LogP contribution in [0, 0.1) is 0 Å². The van der Waals surface area contributed by atoms with E-state index in [9.17, 15) is 36.0 Å². The number of amides is 2. The molecule has 1 saturated heterocycles. The van der Waals surface area contributed by atoms with Gasteiger partial charge in [-0.3, -0.25) is 14.4 Å². The number of carbonyl (C=O) groups excluding carboxylic acids is 3. The number of aromatic nitrogens is 4. The van der Waals surface area contributed by atoms with Crippen LogP contribution in [0.5, 0.6) is 0 Å². The summed E-state index contributed by atoms with van der Waals surface area (Å²) in [5.41, 5.74) is 0.835. The second-order valence-corrected chi connectivity index (χ2v) is 12.7. The molecule has 1 N–H and O–H groups in total. The van der Waals surface area contributed by atoms with Crippen LogP contribution in [-0.4, -0.2) is 87.9 Å². The Hall–Kier alpha value is -4.38. The van der Waals surface area contributed by atoms with Crippen LogP contribution in [0.15, 0.2) is 53.4 Å². The van der Waals surface area contributed by atoms with Gasteiger partial charge >= 0.3 is 12.1 Å². The van der Waals surface area contributed by atoms with Gasteiger partial charge in [-0.05, 0) is 53.4 Å². The molecule has 0 saturated carbocycles. The molecule has 1 aromatic heterocycles. The highest BCUT2D eigenvalue weighted by Crippen LogP contribution is 2.31. The van der Waals surface area contributed by atoms with Crippen molar-refractivity contribution in [2.45, 2.75) is 63.3 Å². The van der Waals surface area contributed by atoms with E-state index in [1.165, 1.54) is 4.90 Å². The molecule has 2 aromatic carbocycles. The Morgan fingerprint density at radius 1 is 1.04 bits per heavy atom. The zero-order valence-electron chi connectivity index (χ0n) is 25.4. The van der Waals surface area contributed by atoms with Gasteiger partial charge in [0.2, 0.25) is 21.8 Å². The van der Waals surface area contributed by atoms with Gasteiger partial charge in [-0.15, -0.1) is 10.2 Å². The summed E-state index contributed by atoms with van der Waals surface area (Å²) in [7, 11) is -4.45. The van der Waals surface area contributed by atoms with Gasteiger partial charge in [-0.25, -0.2) is 8.42 Å². The Labute approximate surface area is 263 Å².